The molecule has 1 aliphatic rings. The Balaban J connectivity index is 1.96. The van der Waals surface area contributed by atoms with Crippen LogP contribution in [0.1, 0.15) is 37.0 Å². The Morgan fingerprint density at radius 2 is 2.17 bits per heavy atom. The van der Waals surface area contributed by atoms with Gasteiger partial charge in [0.25, 0.3) is 5.91 Å². The third kappa shape index (κ3) is 5.30. The summed E-state index contributed by atoms with van der Waals surface area (Å²) in [5.41, 5.74) is 0.362. The SMILES string of the molecule is CC(C)NS(=O)(=O)c1cccc(C(=O)NCCC2CCNC2)c1. The summed E-state index contributed by atoms with van der Waals surface area (Å²) in [6.45, 7) is 6.16. The van der Waals surface area contributed by atoms with Gasteiger partial charge in [0.1, 0.15) is 0 Å². The highest BCUT2D eigenvalue weighted by atomic mass is 32.2. The van der Waals surface area contributed by atoms with Gasteiger partial charge in [-0.15, -0.1) is 0 Å². The van der Waals surface area contributed by atoms with Crippen LogP contribution < -0.4 is 15.4 Å². The quantitative estimate of drug-likeness (QED) is 0.694. The molecule has 7 heteroatoms. The number of sulfonamides is 1. The first-order valence-corrected chi connectivity index (χ1v) is 9.48. The number of rotatable bonds is 7. The summed E-state index contributed by atoms with van der Waals surface area (Å²) >= 11 is 0. The van der Waals surface area contributed by atoms with Crippen LogP contribution >= 0.6 is 0 Å². The molecule has 23 heavy (non-hydrogen) atoms. The van der Waals surface area contributed by atoms with Gasteiger partial charge in [0.15, 0.2) is 0 Å². The van der Waals surface area contributed by atoms with Crippen molar-refractivity contribution in [2.45, 2.75) is 37.6 Å². The van der Waals surface area contributed by atoms with Crippen LogP contribution in [0, 0.1) is 5.92 Å². The minimum Gasteiger partial charge on any atom is -0.352 e. The van der Waals surface area contributed by atoms with Gasteiger partial charge in [-0.05, 0) is 63.9 Å². The predicted octanol–water partition coefficient (Wildman–Crippen LogP) is 1.10. The van der Waals surface area contributed by atoms with Crippen LogP contribution in [0.2, 0.25) is 0 Å². The summed E-state index contributed by atoms with van der Waals surface area (Å²) in [6, 6.07) is 5.92. The van der Waals surface area contributed by atoms with Crippen molar-refractivity contribution in [3.8, 4) is 0 Å². The van der Waals surface area contributed by atoms with Crippen LogP contribution in [-0.4, -0.2) is 40.0 Å². The summed E-state index contributed by atoms with van der Waals surface area (Å²) in [7, 11) is -3.59. The molecule has 1 unspecified atom stereocenters. The van der Waals surface area contributed by atoms with E-state index in [4.69, 9.17) is 0 Å². The molecule has 0 spiro atoms. The van der Waals surface area contributed by atoms with E-state index in [-0.39, 0.29) is 16.8 Å². The highest BCUT2D eigenvalue weighted by Crippen LogP contribution is 2.13. The van der Waals surface area contributed by atoms with E-state index in [0.717, 1.165) is 25.9 Å². The van der Waals surface area contributed by atoms with Gasteiger partial charge in [0.05, 0.1) is 4.90 Å². The zero-order valence-corrected chi connectivity index (χ0v) is 14.4. The molecule has 2 rings (SSSR count). The lowest BCUT2D eigenvalue weighted by atomic mass is 10.1. The molecule has 0 aromatic heterocycles. The normalized spacial score (nSPS) is 18.3. The Bertz CT molecular complexity index is 638. The van der Waals surface area contributed by atoms with Gasteiger partial charge in [-0.25, -0.2) is 13.1 Å². The van der Waals surface area contributed by atoms with E-state index in [1.54, 1.807) is 26.0 Å². The van der Waals surface area contributed by atoms with Crippen LogP contribution in [0.5, 0.6) is 0 Å². The van der Waals surface area contributed by atoms with Crippen LogP contribution in [0.3, 0.4) is 0 Å². The summed E-state index contributed by atoms with van der Waals surface area (Å²) in [5, 5.41) is 6.16. The van der Waals surface area contributed by atoms with E-state index in [9.17, 15) is 13.2 Å². The first-order valence-electron chi connectivity index (χ1n) is 8.00. The molecule has 1 aliphatic heterocycles. The monoisotopic (exact) mass is 339 g/mol. The van der Waals surface area contributed by atoms with E-state index in [1.165, 1.54) is 12.1 Å². The molecule has 1 fully saturated rings. The zero-order valence-electron chi connectivity index (χ0n) is 13.6. The van der Waals surface area contributed by atoms with E-state index in [1.807, 2.05) is 0 Å². The molecular weight excluding hydrogens is 314 g/mol. The van der Waals surface area contributed by atoms with Gasteiger partial charge in [-0.3, -0.25) is 4.79 Å². The molecule has 1 aromatic rings. The van der Waals surface area contributed by atoms with Crippen molar-refractivity contribution in [1.29, 1.82) is 0 Å². The lowest BCUT2D eigenvalue weighted by molar-refractivity contribution is 0.0951. The van der Waals surface area contributed by atoms with Crippen molar-refractivity contribution in [2.24, 2.45) is 5.92 Å². The highest BCUT2D eigenvalue weighted by molar-refractivity contribution is 7.89. The average molecular weight is 339 g/mol. The summed E-state index contributed by atoms with van der Waals surface area (Å²) in [5.74, 6) is 0.370. The van der Waals surface area contributed by atoms with E-state index in [2.05, 4.69) is 15.4 Å². The second-order valence-electron chi connectivity index (χ2n) is 6.21. The smallest absolute Gasteiger partial charge is 0.251 e. The van der Waals surface area contributed by atoms with Crippen molar-refractivity contribution in [3.05, 3.63) is 29.8 Å². The van der Waals surface area contributed by atoms with Crippen molar-refractivity contribution in [1.82, 2.24) is 15.4 Å². The minimum atomic E-state index is -3.59. The van der Waals surface area contributed by atoms with Crippen LogP contribution in [0.15, 0.2) is 29.2 Å². The number of hydrogen-bond acceptors (Lipinski definition) is 4. The first-order chi connectivity index (χ1) is 10.9. The van der Waals surface area contributed by atoms with Gasteiger partial charge in [0, 0.05) is 18.2 Å². The van der Waals surface area contributed by atoms with Crippen LogP contribution in [-0.2, 0) is 10.0 Å². The topological polar surface area (TPSA) is 87.3 Å². The zero-order chi connectivity index (χ0) is 16.9. The second kappa shape index (κ2) is 7.90. The van der Waals surface area contributed by atoms with E-state index in [0.29, 0.717) is 18.0 Å². The van der Waals surface area contributed by atoms with Crippen molar-refractivity contribution >= 4 is 15.9 Å². The fourth-order valence-corrected chi connectivity index (χ4v) is 3.93. The van der Waals surface area contributed by atoms with Gasteiger partial charge >= 0.3 is 0 Å². The van der Waals surface area contributed by atoms with Crippen LogP contribution in [0.25, 0.3) is 0 Å². The van der Waals surface area contributed by atoms with E-state index < -0.39 is 10.0 Å². The van der Waals surface area contributed by atoms with Gasteiger partial charge in [-0.1, -0.05) is 6.07 Å². The molecule has 1 saturated heterocycles. The number of carbonyl (C=O) groups is 1. The molecule has 1 atom stereocenters. The highest BCUT2D eigenvalue weighted by Gasteiger charge is 2.18. The molecule has 3 N–H and O–H groups in total. The number of amides is 1. The number of nitrogens with one attached hydrogen (secondary N) is 3. The Morgan fingerprint density at radius 1 is 1.39 bits per heavy atom. The maximum atomic E-state index is 12.2. The molecule has 0 saturated carbocycles. The van der Waals surface area contributed by atoms with Gasteiger partial charge in [-0.2, -0.15) is 0 Å². The Morgan fingerprint density at radius 3 is 2.83 bits per heavy atom. The average Bonchev–Trinajstić information content (AvgIpc) is 2.99. The lowest BCUT2D eigenvalue weighted by Gasteiger charge is -2.12. The molecule has 128 valence electrons. The predicted molar refractivity (Wildman–Crippen MR) is 89.8 cm³/mol. The first kappa shape index (κ1) is 17.9. The molecule has 1 amide bonds. The fourth-order valence-electron chi connectivity index (χ4n) is 2.64. The van der Waals surface area contributed by atoms with Gasteiger partial charge < -0.3 is 10.6 Å². The van der Waals surface area contributed by atoms with E-state index >= 15 is 0 Å². The molecule has 1 heterocycles. The maximum absolute atomic E-state index is 12.2. The summed E-state index contributed by atoms with van der Waals surface area (Å²) in [6.07, 6.45) is 2.08. The molecule has 0 aliphatic carbocycles. The number of benzene rings is 1. The summed E-state index contributed by atoms with van der Waals surface area (Å²) in [4.78, 5) is 12.3. The third-order valence-corrected chi connectivity index (χ3v) is 5.45. The second-order valence-corrected chi connectivity index (χ2v) is 7.92. The Kier molecular flexibility index (Phi) is 6.15. The van der Waals surface area contributed by atoms with Gasteiger partial charge in [0.2, 0.25) is 10.0 Å². The van der Waals surface area contributed by atoms with Crippen LogP contribution in [0.4, 0.5) is 0 Å². The molecule has 6 nitrogen and oxygen atoms in total. The standard InChI is InChI=1S/C16H25N3O3S/c1-12(2)19-23(21,22)15-5-3-4-14(10-15)16(20)18-9-7-13-6-8-17-11-13/h3-5,10,12-13,17,19H,6-9,11H2,1-2H3,(H,18,20). The molecular formula is C16H25N3O3S. The molecule has 1 aromatic carbocycles. The largest absolute Gasteiger partial charge is 0.352 e. The molecule has 0 radical (unpaired) electrons. The number of carbonyl (C=O) groups excluding carboxylic acids is 1. The van der Waals surface area contributed by atoms with Crippen molar-refractivity contribution in [3.63, 3.8) is 0 Å². The van der Waals surface area contributed by atoms with Crippen molar-refractivity contribution in [2.75, 3.05) is 19.6 Å². The third-order valence-electron chi connectivity index (χ3n) is 3.80. The maximum Gasteiger partial charge on any atom is 0.251 e. The molecule has 0 bridgehead atoms. The Hall–Kier alpha value is -1.44. The van der Waals surface area contributed by atoms with Crippen molar-refractivity contribution < 1.29 is 13.2 Å². The minimum absolute atomic E-state index is 0.110. The number of hydrogen-bond donors (Lipinski definition) is 3. The Labute approximate surface area is 138 Å². The fraction of sp³-hybridized carbons (Fsp3) is 0.562. The summed E-state index contributed by atoms with van der Waals surface area (Å²) < 4.78 is 26.8. The lowest BCUT2D eigenvalue weighted by Crippen LogP contribution is -2.31.